The van der Waals surface area contributed by atoms with Crippen LogP contribution in [0.25, 0.3) is 0 Å². The smallest absolute Gasteiger partial charge is 0.0436 e. The van der Waals surface area contributed by atoms with E-state index in [0.29, 0.717) is 12.0 Å². The molecule has 3 heteroatoms. The molecule has 106 valence electrons. The van der Waals surface area contributed by atoms with Gasteiger partial charge in [0.1, 0.15) is 0 Å². The average Bonchev–Trinajstić information content (AvgIpc) is 2.29. The fourth-order valence-electron chi connectivity index (χ4n) is 2.66. The molecule has 0 amide bonds. The quantitative estimate of drug-likeness (QED) is 0.836. The summed E-state index contributed by atoms with van der Waals surface area (Å²) in [5.74, 6) is 0.689. The Hall–Kier alpha value is -0.380. The van der Waals surface area contributed by atoms with Gasteiger partial charge in [-0.3, -0.25) is 0 Å². The zero-order chi connectivity index (χ0) is 13.9. The first-order chi connectivity index (χ1) is 9.02. The summed E-state index contributed by atoms with van der Waals surface area (Å²) < 4.78 is 1.24. The van der Waals surface area contributed by atoms with E-state index in [-0.39, 0.29) is 12.0 Å². The van der Waals surface area contributed by atoms with Gasteiger partial charge in [-0.2, -0.15) is 0 Å². The SMILES string of the molecule is CC(C)(CCO)CNC1CC(c2ccccc2Br)C1. The van der Waals surface area contributed by atoms with E-state index in [0.717, 1.165) is 13.0 Å². The van der Waals surface area contributed by atoms with Crippen molar-refractivity contribution in [1.29, 1.82) is 0 Å². The monoisotopic (exact) mass is 325 g/mol. The lowest BCUT2D eigenvalue weighted by molar-refractivity contribution is 0.187. The van der Waals surface area contributed by atoms with Gasteiger partial charge in [0.15, 0.2) is 0 Å². The van der Waals surface area contributed by atoms with E-state index in [2.05, 4.69) is 59.4 Å². The van der Waals surface area contributed by atoms with Crippen LogP contribution in [0, 0.1) is 5.41 Å². The Morgan fingerprint density at radius 2 is 2.00 bits per heavy atom. The van der Waals surface area contributed by atoms with Gasteiger partial charge in [0.25, 0.3) is 0 Å². The molecular weight excluding hydrogens is 302 g/mol. The predicted octanol–water partition coefficient (Wildman–Crippen LogP) is 3.69. The zero-order valence-corrected chi connectivity index (χ0v) is 13.4. The molecule has 1 fully saturated rings. The van der Waals surface area contributed by atoms with Crippen molar-refractivity contribution in [3.8, 4) is 0 Å². The second-order valence-electron chi connectivity index (χ2n) is 6.41. The summed E-state index contributed by atoms with van der Waals surface area (Å²) in [5, 5.41) is 12.7. The van der Waals surface area contributed by atoms with Gasteiger partial charge < -0.3 is 10.4 Å². The second kappa shape index (κ2) is 6.38. The number of hydrogen-bond donors (Lipinski definition) is 2. The Morgan fingerprint density at radius 3 is 2.63 bits per heavy atom. The van der Waals surface area contributed by atoms with Gasteiger partial charge in [0.2, 0.25) is 0 Å². The number of nitrogens with one attached hydrogen (secondary N) is 1. The van der Waals surface area contributed by atoms with Crippen LogP contribution in [0.5, 0.6) is 0 Å². The standard InChI is InChI=1S/C16H24BrNO/c1-16(2,7-8-19)11-18-13-9-12(10-13)14-5-3-4-6-15(14)17/h3-6,12-13,18-19H,7-11H2,1-2H3. The maximum atomic E-state index is 9.03. The van der Waals surface area contributed by atoms with Gasteiger partial charge in [-0.1, -0.05) is 48.0 Å². The first-order valence-electron chi connectivity index (χ1n) is 7.10. The lowest BCUT2D eigenvalue weighted by atomic mass is 9.75. The van der Waals surface area contributed by atoms with Gasteiger partial charge >= 0.3 is 0 Å². The molecule has 2 nitrogen and oxygen atoms in total. The van der Waals surface area contributed by atoms with Gasteiger partial charge in [0.05, 0.1) is 0 Å². The molecule has 2 N–H and O–H groups in total. The Labute approximate surface area is 124 Å². The summed E-state index contributed by atoms with van der Waals surface area (Å²) in [5.41, 5.74) is 1.63. The highest BCUT2D eigenvalue weighted by Crippen LogP contribution is 2.40. The van der Waals surface area contributed by atoms with E-state index >= 15 is 0 Å². The molecule has 0 bridgehead atoms. The third-order valence-corrected chi connectivity index (χ3v) is 4.86. The van der Waals surface area contributed by atoms with Crippen LogP contribution in [0.2, 0.25) is 0 Å². The summed E-state index contributed by atoms with van der Waals surface area (Å²) in [6, 6.07) is 9.17. The van der Waals surface area contributed by atoms with Gasteiger partial charge in [-0.15, -0.1) is 0 Å². The highest BCUT2D eigenvalue weighted by Gasteiger charge is 2.32. The molecule has 0 atom stereocenters. The molecule has 1 aromatic carbocycles. The minimum atomic E-state index is 0.188. The van der Waals surface area contributed by atoms with Crippen molar-refractivity contribution in [3.63, 3.8) is 0 Å². The van der Waals surface area contributed by atoms with Crippen LogP contribution in [-0.2, 0) is 0 Å². The largest absolute Gasteiger partial charge is 0.396 e. The number of halogens is 1. The normalized spacial score (nSPS) is 23.2. The average molecular weight is 326 g/mol. The Bertz CT molecular complexity index is 413. The van der Waals surface area contributed by atoms with Crippen molar-refractivity contribution in [2.24, 2.45) is 5.41 Å². The first kappa shape index (κ1) is 15.0. The third kappa shape index (κ3) is 4.04. The molecule has 1 aliphatic rings. The first-order valence-corrected chi connectivity index (χ1v) is 7.90. The van der Waals surface area contributed by atoms with Gasteiger partial charge in [0, 0.05) is 23.7 Å². The van der Waals surface area contributed by atoms with Crippen LogP contribution < -0.4 is 5.32 Å². The van der Waals surface area contributed by atoms with Crippen molar-refractivity contribution in [1.82, 2.24) is 5.32 Å². The van der Waals surface area contributed by atoms with Crippen LogP contribution in [0.4, 0.5) is 0 Å². The molecule has 1 saturated carbocycles. The van der Waals surface area contributed by atoms with Crippen LogP contribution >= 0.6 is 15.9 Å². The van der Waals surface area contributed by atoms with Crippen LogP contribution in [0.15, 0.2) is 28.7 Å². The number of rotatable bonds is 6. The lowest BCUT2D eigenvalue weighted by Gasteiger charge is -2.39. The molecule has 0 radical (unpaired) electrons. The van der Waals surface area contributed by atoms with Crippen molar-refractivity contribution < 1.29 is 5.11 Å². The number of aliphatic hydroxyl groups excluding tert-OH is 1. The fraction of sp³-hybridized carbons (Fsp3) is 0.625. The molecule has 0 heterocycles. The predicted molar refractivity (Wildman–Crippen MR) is 83.4 cm³/mol. The summed E-state index contributed by atoms with van der Waals surface area (Å²) in [6.07, 6.45) is 3.30. The Balaban J connectivity index is 1.77. The molecule has 0 aliphatic heterocycles. The molecule has 0 aromatic heterocycles. The second-order valence-corrected chi connectivity index (χ2v) is 7.26. The highest BCUT2D eigenvalue weighted by atomic mass is 79.9. The number of hydrogen-bond acceptors (Lipinski definition) is 2. The topological polar surface area (TPSA) is 32.3 Å². The Morgan fingerprint density at radius 1 is 1.32 bits per heavy atom. The summed E-state index contributed by atoms with van der Waals surface area (Å²) in [6.45, 7) is 5.68. The highest BCUT2D eigenvalue weighted by molar-refractivity contribution is 9.10. The summed E-state index contributed by atoms with van der Waals surface area (Å²) >= 11 is 3.63. The summed E-state index contributed by atoms with van der Waals surface area (Å²) in [4.78, 5) is 0. The molecule has 0 unspecified atom stereocenters. The minimum Gasteiger partial charge on any atom is -0.396 e. The van der Waals surface area contributed by atoms with Crippen LogP contribution in [-0.4, -0.2) is 24.3 Å². The maximum absolute atomic E-state index is 9.03. The van der Waals surface area contributed by atoms with Crippen molar-refractivity contribution in [3.05, 3.63) is 34.3 Å². The summed E-state index contributed by atoms with van der Waals surface area (Å²) in [7, 11) is 0. The maximum Gasteiger partial charge on any atom is 0.0436 e. The lowest BCUT2D eigenvalue weighted by Crippen LogP contribution is -2.44. The van der Waals surface area contributed by atoms with E-state index in [1.807, 2.05) is 0 Å². The van der Waals surface area contributed by atoms with Crippen molar-refractivity contribution >= 4 is 15.9 Å². The number of aliphatic hydroxyl groups is 1. The molecule has 0 spiro atoms. The van der Waals surface area contributed by atoms with E-state index in [9.17, 15) is 0 Å². The number of benzene rings is 1. The Kier molecular flexibility index (Phi) is 5.04. The fourth-order valence-corrected chi connectivity index (χ4v) is 3.26. The molecular formula is C16H24BrNO. The van der Waals surface area contributed by atoms with Gasteiger partial charge in [-0.25, -0.2) is 0 Å². The molecule has 1 aromatic rings. The molecule has 1 aliphatic carbocycles. The van der Waals surface area contributed by atoms with Crippen LogP contribution in [0.3, 0.4) is 0 Å². The van der Waals surface area contributed by atoms with Crippen molar-refractivity contribution in [2.45, 2.75) is 45.1 Å². The zero-order valence-electron chi connectivity index (χ0n) is 11.8. The minimum absolute atomic E-state index is 0.188. The molecule has 19 heavy (non-hydrogen) atoms. The molecule has 0 saturated heterocycles. The van der Waals surface area contributed by atoms with Gasteiger partial charge in [-0.05, 0) is 42.2 Å². The van der Waals surface area contributed by atoms with E-state index in [4.69, 9.17) is 5.11 Å². The van der Waals surface area contributed by atoms with E-state index in [1.165, 1.54) is 22.9 Å². The van der Waals surface area contributed by atoms with Crippen molar-refractivity contribution in [2.75, 3.05) is 13.2 Å². The van der Waals surface area contributed by atoms with E-state index in [1.54, 1.807) is 0 Å². The molecule has 2 rings (SSSR count). The van der Waals surface area contributed by atoms with Crippen LogP contribution in [0.1, 0.15) is 44.6 Å². The third-order valence-electron chi connectivity index (χ3n) is 4.14. The van der Waals surface area contributed by atoms with E-state index < -0.39 is 0 Å².